The topological polar surface area (TPSA) is 65.8 Å². The second kappa shape index (κ2) is 43.0. The molecule has 0 aromatic carbocycles. The van der Waals surface area contributed by atoms with E-state index in [0.717, 1.165) is 64.8 Å². The van der Waals surface area contributed by atoms with Gasteiger partial charge in [0.15, 0.2) is 0 Å². The van der Waals surface area contributed by atoms with Gasteiger partial charge < -0.3 is 23.7 Å². The lowest BCUT2D eigenvalue weighted by molar-refractivity contribution is -0.146. The molecular formula is C52H99N3O4. The van der Waals surface area contributed by atoms with Crippen molar-refractivity contribution >= 4 is 5.97 Å². The number of esters is 1. The number of ether oxygens (including phenoxy) is 3. The van der Waals surface area contributed by atoms with E-state index >= 15 is 0 Å². The van der Waals surface area contributed by atoms with Gasteiger partial charge in [0, 0.05) is 38.6 Å². The molecule has 1 aromatic rings. The van der Waals surface area contributed by atoms with E-state index in [0.29, 0.717) is 32.3 Å². The van der Waals surface area contributed by atoms with E-state index in [4.69, 9.17) is 14.2 Å². The van der Waals surface area contributed by atoms with Crippen molar-refractivity contribution in [3.05, 3.63) is 30.9 Å². The van der Waals surface area contributed by atoms with E-state index in [-0.39, 0.29) is 12.1 Å². The molecule has 0 saturated carbocycles. The highest BCUT2D eigenvalue weighted by molar-refractivity contribution is 5.69. The van der Waals surface area contributed by atoms with Crippen molar-refractivity contribution in [3.63, 3.8) is 0 Å². The first kappa shape index (κ1) is 55.3. The van der Waals surface area contributed by atoms with Gasteiger partial charge in [-0.05, 0) is 57.9 Å². The molecule has 0 aliphatic heterocycles. The van der Waals surface area contributed by atoms with Gasteiger partial charge in [-0.3, -0.25) is 4.79 Å². The molecule has 0 aliphatic rings. The van der Waals surface area contributed by atoms with Gasteiger partial charge in [0.05, 0.1) is 31.6 Å². The van der Waals surface area contributed by atoms with Crippen LogP contribution in [0.4, 0.5) is 0 Å². The second-order valence-electron chi connectivity index (χ2n) is 17.8. The Morgan fingerprint density at radius 1 is 0.542 bits per heavy atom. The summed E-state index contributed by atoms with van der Waals surface area (Å²) in [7, 11) is 0. The zero-order valence-corrected chi connectivity index (χ0v) is 39.9. The van der Waals surface area contributed by atoms with Gasteiger partial charge in [0.1, 0.15) is 6.61 Å². The van der Waals surface area contributed by atoms with E-state index in [1.165, 1.54) is 173 Å². The van der Waals surface area contributed by atoms with Crippen molar-refractivity contribution in [2.75, 3.05) is 39.5 Å². The van der Waals surface area contributed by atoms with Gasteiger partial charge in [0.25, 0.3) is 0 Å². The minimum Gasteiger partial charge on any atom is -0.463 e. The molecule has 0 unspecified atom stereocenters. The van der Waals surface area contributed by atoms with Gasteiger partial charge in [-0.15, -0.1) is 0 Å². The SMILES string of the molecule is C=C(CCCOC(CCCCCCCC)CCCCCCCC)CCN(CCCn1ccnc1)CCC(=O)OCCOC(CCCCCCCC)CCCCCCCC. The first-order valence-corrected chi connectivity index (χ1v) is 25.8. The van der Waals surface area contributed by atoms with Crippen molar-refractivity contribution in [2.24, 2.45) is 0 Å². The van der Waals surface area contributed by atoms with E-state index < -0.39 is 0 Å². The molecule has 0 fully saturated rings. The molecule has 1 aromatic heterocycles. The van der Waals surface area contributed by atoms with E-state index in [2.05, 4.69) is 48.7 Å². The Hall–Kier alpha value is -1.70. The highest BCUT2D eigenvalue weighted by Crippen LogP contribution is 2.19. The molecule has 1 heterocycles. The molecule has 0 bridgehead atoms. The van der Waals surface area contributed by atoms with Gasteiger partial charge in [0.2, 0.25) is 0 Å². The smallest absolute Gasteiger partial charge is 0.307 e. The lowest BCUT2D eigenvalue weighted by atomic mass is 10.0. The minimum absolute atomic E-state index is 0.121. The molecule has 59 heavy (non-hydrogen) atoms. The number of hydrogen-bond acceptors (Lipinski definition) is 6. The molecule has 1 rings (SSSR count). The predicted octanol–water partition coefficient (Wildman–Crippen LogP) is 15.0. The van der Waals surface area contributed by atoms with Crippen molar-refractivity contribution < 1.29 is 19.0 Å². The Kier molecular flexibility index (Phi) is 40.3. The highest BCUT2D eigenvalue weighted by Gasteiger charge is 2.14. The summed E-state index contributed by atoms with van der Waals surface area (Å²) >= 11 is 0. The number of hydrogen-bond donors (Lipinski definition) is 0. The standard InChI is InChI=1S/C52H99N3O4/c1-6-10-14-18-22-26-33-50(34-27-23-19-15-11-7-2)57-45-30-32-49(5)37-42-54(40-31-41-55-44-39-53-48-55)43-38-52(56)59-47-46-58-51(35-28-24-20-16-12-8-3)36-29-25-21-17-13-9-4/h39,44,48,50-51H,5-38,40-43,45-47H2,1-4H3. The summed E-state index contributed by atoms with van der Waals surface area (Å²) in [5.41, 5.74) is 1.29. The second-order valence-corrected chi connectivity index (χ2v) is 17.8. The molecule has 0 saturated heterocycles. The molecule has 0 N–H and O–H groups in total. The van der Waals surface area contributed by atoms with Crippen molar-refractivity contribution in [1.82, 2.24) is 14.5 Å². The third-order valence-corrected chi connectivity index (χ3v) is 12.1. The number of aryl methyl sites for hydroxylation is 1. The lowest BCUT2D eigenvalue weighted by Gasteiger charge is -2.23. The van der Waals surface area contributed by atoms with Crippen LogP contribution in [0.5, 0.6) is 0 Å². The monoisotopic (exact) mass is 830 g/mol. The van der Waals surface area contributed by atoms with Crippen LogP contribution in [-0.4, -0.2) is 72.1 Å². The number of carbonyl (C=O) groups excluding carboxylic acids is 1. The van der Waals surface area contributed by atoms with Crippen LogP contribution in [0.2, 0.25) is 0 Å². The van der Waals surface area contributed by atoms with Crippen LogP contribution in [0.15, 0.2) is 30.9 Å². The third kappa shape index (κ3) is 36.7. The Balaban J connectivity index is 2.49. The largest absolute Gasteiger partial charge is 0.463 e. The quantitative estimate of drug-likeness (QED) is 0.0370. The van der Waals surface area contributed by atoms with Gasteiger partial charge in [-0.25, -0.2) is 4.98 Å². The van der Waals surface area contributed by atoms with Crippen LogP contribution < -0.4 is 0 Å². The van der Waals surface area contributed by atoms with Crippen LogP contribution >= 0.6 is 0 Å². The number of rotatable bonds is 47. The van der Waals surface area contributed by atoms with Crippen LogP contribution in [0.25, 0.3) is 0 Å². The van der Waals surface area contributed by atoms with Crippen molar-refractivity contribution in [1.29, 1.82) is 0 Å². The Bertz CT molecular complexity index is 926. The Morgan fingerprint density at radius 2 is 1.00 bits per heavy atom. The minimum atomic E-state index is -0.121. The average molecular weight is 830 g/mol. The molecule has 0 radical (unpaired) electrons. The van der Waals surface area contributed by atoms with Crippen LogP contribution in [0.1, 0.15) is 240 Å². The molecule has 7 heteroatoms. The first-order valence-electron chi connectivity index (χ1n) is 25.8. The normalized spacial score (nSPS) is 11.8. The summed E-state index contributed by atoms with van der Waals surface area (Å²) in [6, 6.07) is 0. The zero-order chi connectivity index (χ0) is 42.7. The lowest BCUT2D eigenvalue weighted by Crippen LogP contribution is -2.30. The third-order valence-electron chi connectivity index (χ3n) is 12.1. The fourth-order valence-corrected chi connectivity index (χ4v) is 8.17. The maximum Gasteiger partial charge on any atom is 0.307 e. The molecule has 0 aliphatic carbocycles. The fraction of sp³-hybridized carbons (Fsp3) is 0.885. The van der Waals surface area contributed by atoms with E-state index in [9.17, 15) is 4.79 Å². The highest BCUT2D eigenvalue weighted by atomic mass is 16.6. The summed E-state index contributed by atoms with van der Waals surface area (Å²) in [5, 5.41) is 0. The summed E-state index contributed by atoms with van der Waals surface area (Å²) in [4.78, 5) is 19.5. The number of unbranched alkanes of at least 4 members (excludes halogenated alkanes) is 20. The van der Waals surface area contributed by atoms with Crippen LogP contribution in [0.3, 0.4) is 0 Å². The van der Waals surface area contributed by atoms with E-state index in [1.807, 2.05) is 18.7 Å². The number of aromatic nitrogens is 2. The van der Waals surface area contributed by atoms with Crippen LogP contribution in [0, 0.1) is 0 Å². The summed E-state index contributed by atoms with van der Waals surface area (Å²) in [6.07, 6.45) is 47.3. The molecule has 7 nitrogen and oxygen atoms in total. The molecular weight excluding hydrogens is 731 g/mol. The number of nitrogens with zero attached hydrogens (tertiary/aromatic N) is 3. The predicted molar refractivity (Wildman–Crippen MR) is 253 cm³/mol. The van der Waals surface area contributed by atoms with Crippen LogP contribution in [-0.2, 0) is 25.5 Å². The van der Waals surface area contributed by atoms with Crippen molar-refractivity contribution in [2.45, 2.75) is 258 Å². The van der Waals surface area contributed by atoms with E-state index in [1.54, 1.807) is 0 Å². The average Bonchev–Trinajstić information content (AvgIpc) is 3.77. The van der Waals surface area contributed by atoms with Gasteiger partial charge in [-0.1, -0.05) is 194 Å². The maximum atomic E-state index is 12.9. The Labute approximate surface area is 367 Å². The molecule has 0 atom stereocenters. The Morgan fingerprint density at radius 3 is 1.47 bits per heavy atom. The first-order chi connectivity index (χ1) is 29.0. The molecule has 0 spiro atoms. The molecule has 0 amide bonds. The van der Waals surface area contributed by atoms with Gasteiger partial charge >= 0.3 is 5.97 Å². The fourth-order valence-electron chi connectivity index (χ4n) is 8.17. The number of imidazole rings is 1. The summed E-state index contributed by atoms with van der Waals surface area (Å²) in [5.74, 6) is -0.121. The van der Waals surface area contributed by atoms with Crippen molar-refractivity contribution in [3.8, 4) is 0 Å². The maximum absolute atomic E-state index is 12.9. The van der Waals surface area contributed by atoms with Gasteiger partial charge in [-0.2, -0.15) is 0 Å². The summed E-state index contributed by atoms with van der Waals surface area (Å²) < 4.78 is 20.7. The molecule has 346 valence electrons. The summed E-state index contributed by atoms with van der Waals surface area (Å²) in [6.45, 7) is 18.8. The zero-order valence-electron chi connectivity index (χ0n) is 39.9. The number of carbonyl (C=O) groups is 1.